The first-order valence-electron chi connectivity index (χ1n) is 5.11. The van der Waals surface area contributed by atoms with Gasteiger partial charge >= 0.3 is 0 Å². The van der Waals surface area contributed by atoms with Gasteiger partial charge in [0.15, 0.2) is 0 Å². The molecule has 0 saturated carbocycles. The summed E-state index contributed by atoms with van der Waals surface area (Å²) in [5, 5.41) is 2.10. The van der Waals surface area contributed by atoms with Crippen LogP contribution in [0.4, 0.5) is 5.69 Å². The van der Waals surface area contributed by atoms with Crippen molar-refractivity contribution >= 4 is 22.9 Å². The highest BCUT2D eigenvalue weighted by molar-refractivity contribution is 7.80. The van der Waals surface area contributed by atoms with Crippen LogP contribution in [-0.2, 0) is 4.74 Å². The van der Waals surface area contributed by atoms with E-state index in [1.807, 2.05) is 12.1 Å². The molecule has 0 bridgehead atoms. The molecule has 1 aromatic rings. The molecule has 86 valence electrons. The number of hydrogen-bond acceptors (Lipinski definition) is 5. The van der Waals surface area contributed by atoms with E-state index < -0.39 is 0 Å². The van der Waals surface area contributed by atoms with Crippen LogP contribution in [-0.4, -0.2) is 41.3 Å². The number of thiocarbonyl (C=S) groups is 1. The van der Waals surface area contributed by atoms with Crippen LogP contribution in [0.3, 0.4) is 0 Å². The molecule has 2 rings (SSSR count). The molecule has 2 heterocycles. The van der Waals surface area contributed by atoms with Crippen molar-refractivity contribution in [2.75, 3.05) is 31.7 Å². The molecule has 1 aliphatic heterocycles. The summed E-state index contributed by atoms with van der Waals surface area (Å²) in [5.74, 6) is 0. The smallest absolute Gasteiger partial charge is 0.122 e. The van der Waals surface area contributed by atoms with Gasteiger partial charge in [0.2, 0.25) is 0 Å². The lowest BCUT2D eigenvalue weighted by Crippen LogP contribution is -2.40. The van der Waals surface area contributed by atoms with Crippen LogP contribution in [0.1, 0.15) is 5.69 Å². The molecule has 6 heteroatoms. The summed E-state index contributed by atoms with van der Waals surface area (Å²) in [6, 6.07) is 3.72. The fourth-order valence-electron chi connectivity index (χ4n) is 1.46. The first-order valence-corrected chi connectivity index (χ1v) is 5.52. The van der Waals surface area contributed by atoms with Crippen molar-refractivity contribution < 1.29 is 4.74 Å². The SMILES string of the molecule is NC(=S)c1ccc(NN2CCOCC2)cn1. The Bertz CT molecular complexity index is 362. The van der Waals surface area contributed by atoms with Gasteiger partial charge in [-0.1, -0.05) is 12.2 Å². The maximum atomic E-state index is 5.47. The average molecular weight is 238 g/mol. The van der Waals surface area contributed by atoms with Gasteiger partial charge in [0.05, 0.1) is 30.8 Å². The number of morpholine rings is 1. The van der Waals surface area contributed by atoms with E-state index in [1.165, 1.54) is 0 Å². The van der Waals surface area contributed by atoms with Gasteiger partial charge in [-0.25, -0.2) is 5.01 Å². The molecule has 16 heavy (non-hydrogen) atoms. The summed E-state index contributed by atoms with van der Waals surface area (Å²) >= 11 is 4.83. The van der Waals surface area contributed by atoms with E-state index in [2.05, 4.69) is 15.4 Å². The van der Waals surface area contributed by atoms with Gasteiger partial charge in [-0.05, 0) is 12.1 Å². The molecule has 1 fully saturated rings. The summed E-state index contributed by atoms with van der Waals surface area (Å²) < 4.78 is 5.26. The van der Waals surface area contributed by atoms with Crippen molar-refractivity contribution in [1.82, 2.24) is 9.99 Å². The Kier molecular flexibility index (Phi) is 3.66. The maximum absolute atomic E-state index is 5.47. The summed E-state index contributed by atoms with van der Waals surface area (Å²) in [7, 11) is 0. The van der Waals surface area contributed by atoms with Crippen LogP contribution in [0.25, 0.3) is 0 Å². The molecule has 0 spiro atoms. The summed E-state index contributed by atoms with van der Waals surface area (Å²) in [6.45, 7) is 3.25. The van der Waals surface area contributed by atoms with Crippen molar-refractivity contribution in [1.29, 1.82) is 0 Å². The number of pyridine rings is 1. The number of aromatic nitrogens is 1. The zero-order chi connectivity index (χ0) is 11.4. The highest BCUT2D eigenvalue weighted by Crippen LogP contribution is 2.08. The van der Waals surface area contributed by atoms with E-state index in [0.29, 0.717) is 10.7 Å². The highest BCUT2D eigenvalue weighted by atomic mass is 32.1. The van der Waals surface area contributed by atoms with Crippen LogP contribution < -0.4 is 11.2 Å². The third-order valence-electron chi connectivity index (χ3n) is 2.31. The highest BCUT2D eigenvalue weighted by Gasteiger charge is 2.09. The molecule has 0 aromatic carbocycles. The number of anilines is 1. The Morgan fingerprint density at radius 1 is 1.44 bits per heavy atom. The Morgan fingerprint density at radius 3 is 2.75 bits per heavy atom. The minimum Gasteiger partial charge on any atom is -0.388 e. The van der Waals surface area contributed by atoms with Gasteiger partial charge in [0.25, 0.3) is 0 Å². The van der Waals surface area contributed by atoms with Gasteiger partial charge in [0.1, 0.15) is 4.99 Å². The predicted molar refractivity (Wildman–Crippen MR) is 66.1 cm³/mol. The van der Waals surface area contributed by atoms with E-state index in [4.69, 9.17) is 22.7 Å². The van der Waals surface area contributed by atoms with Gasteiger partial charge in [0, 0.05) is 13.1 Å². The number of nitrogens with two attached hydrogens (primary N) is 1. The molecule has 0 radical (unpaired) electrons. The first kappa shape index (κ1) is 11.3. The molecule has 1 aliphatic rings. The monoisotopic (exact) mass is 238 g/mol. The number of hydrazine groups is 1. The van der Waals surface area contributed by atoms with E-state index >= 15 is 0 Å². The molecule has 0 amide bonds. The van der Waals surface area contributed by atoms with E-state index in [9.17, 15) is 0 Å². The van der Waals surface area contributed by atoms with Crippen molar-refractivity contribution in [3.8, 4) is 0 Å². The second-order valence-electron chi connectivity index (χ2n) is 3.51. The minimum absolute atomic E-state index is 0.318. The number of nitrogens with one attached hydrogen (secondary N) is 1. The molecule has 0 atom stereocenters. The molecule has 5 nitrogen and oxygen atoms in total. The molecule has 1 saturated heterocycles. The molecular formula is C10H14N4OS. The second kappa shape index (κ2) is 5.20. The number of rotatable bonds is 3. The lowest BCUT2D eigenvalue weighted by Gasteiger charge is -2.27. The Labute approximate surface area is 99.6 Å². The molecular weight excluding hydrogens is 224 g/mol. The zero-order valence-electron chi connectivity index (χ0n) is 8.85. The van der Waals surface area contributed by atoms with Gasteiger partial charge in [-0.15, -0.1) is 0 Å². The minimum atomic E-state index is 0.318. The number of hydrogen-bond donors (Lipinski definition) is 2. The van der Waals surface area contributed by atoms with Crippen LogP contribution in [0, 0.1) is 0 Å². The molecule has 0 aliphatic carbocycles. The van der Waals surface area contributed by atoms with Crippen molar-refractivity contribution in [3.63, 3.8) is 0 Å². The van der Waals surface area contributed by atoms with Crippen LogP contribution in [0.15, 0.2) is 18.3 Å². The quantitative estimate of drug-likeness (QED) is 0.742. The Hall–Kier alpha value is -1.24. The first-order chi connectivity index (χ1) is 7.75. The maximum Gasteiger partial charge on any atom is 0.122 e. The third-order valence-corrected chi connectivity index (χ3v) is 2.52. The number of ether oxygens (including phenoxy) is 1. The molecule has 3 N–H and O–H groups in total. The van der Waals surface area contributed by atoms with Crippen molar-refractivity contribution in [3.05, 3.63) is 24.0 Å². The van der Waals surface area contributed by atoms with Gasteiger partial charge in [-0.2, -0.15) is 0 Å². The largest absolute Gasteiger partial charge is 0.388 e. The Morgan fingerprint density at radius 2 is 2.19 bits per heavy atom. The summed E-state index contributed by atoms with van der Waals surface area (Å²) in [5.41, 5.74) is 10.3. The van der Waals surface area contributed by atoms with Crippen LogP contribution in [0.5, 0.6) is 0 Å². The predicted octanol–water partition coefficient (Wildman–Crippen LogP) is 0.375. The molecule has 1 aromatic heterocycles. The average Bonchev–Trinajstić information content (AvgIpc) is 2.31. The van der Waals surface area contributed by atoms with Gasteiger partial charge < -0.3 is 15.9 Å². The Balaban J connectivity index is 1.96. The molecule has 0 unspecified atom stereocenters. The topological polar surface area (TPSA) is 63.4 Å². The van der Waals surface area contributed by atoms with Gasteiger partial charge in [-0.3, -0.25) is 4.98 Å². The normalized spacial score (nSPS) is 17.0. The fourth-order valence-corrected chi connectivity index (χ4v) is 1.58. The third kappa shape index (κ3) is 2.88. The lowest BCUT2D eigenvalue weighted by molar-refractivity contribution is 0.0497. The second-order valence-corrected chi connectivity index (χ2v) is 3.95. The summed E-state index contributed by atoms with van der Waals surface area (Å²) in [4.78, 5) is 4.47. The van der Waals surface area contributed by atoms with E-state index in [1.54, 1.807) is 6.20 Å². The lowest BCUT2D eigenvalue weighted by atomic mass is 10.3. The standard InChI is InChI=1S/C10H14N4OS/c11-10(16)9-2-1-8(7-12-9)13-14-3-5-15-6-4-14/h1-2,7,13H,3-6H2,(H2,11,16). The van der Waals surface area contributed by atoms with Crippen molar-refractivity contribution in [2.45, 2.75) is 0 Å². The van der Waals surface area contributed by atoms with Crippen LogP contribution >= 0.6 is 12.2 Å². The number of nitrogens with zero attached hydrogens (tertiary/aromatic N) is 2. The van der Waals surface area contributed by atoms with E-state index in [-0.39, 0.29) is 0 Å². The fraction of sp³-hybridized carbons (Fsp3) is 0.400. The van der Waals surface area contributed by atoms with Crippen LogP contribution in [0.2, 0.25) is 0 Å². The zero-order valence-corrected chi connectivity index (χ0v) is 9.67. The van der Waals surface area contributed by atoms with Crippen molar-refractivity contribution in [2.24, 2.45) is 5.73 Å². The van der Waals surface area contributed by atoms with E-state index in [0.717, 1.165) is 32.0 Å². The summed E-state index contributed by atoms with van der Waals surface area (Å²) in [6.07, 6.45) is 1.73.